The van der Waals surface area contributed by atoms with Crippen LogP contribution in [0.5, 0.6) is 0 Å². The van der Waals surface area contributed by atoms with Crippen LogP contribution in [-0.4, -0.2) is 20.0 Å². The molecule has 0 heterocycles. The van der Waals surface area contributed by atoms with Gasteiger partial charge < -0.3 is 11.1 Å². The number of nitrogens with one attached hydrogen (secondary N) is 1. The van der Waals surface area contributed by atoms with E-state index in [0.29, 0.717) is 0 Å². The maximum Gasteiger partial charge on any atom is 0.204 e. The number of primary amides is 1. The van der Waals surface area contributed by atoms with E-state index in [1.807, 2.05) is 7.05 Å². The molecule has 3 N–H and O–H groups in total. The summed E-state index contributed by atoms with van der Waals surface area (Å²) >= 11 is 0. The van der Waals surface area contributed by atoms with Crippen LogP contribution in [0.25, 0.3) is 0 Å². The third-order valence-corrected chi connectivity index (χ3v) is 1.28. The molecule has 0 saturated carbocycles. The Hall–Kier alpha value is -0.570. The summed E-state index contributed by atoms with van der Waals surface area (Å²) in [6.07, 6.45) is 5.70. The second-order valence-electron chi connectivity index (χ2n) is 2.30. The van der Waals surface area contributed by atoms with Gasteiger partial charge in [-0.15, -0.1) is 0 Å². The topological polar surface area (TPSA) is 55.1 Å². The van der Waals surface area contributed by atoms with Gasteiger partial charge in [0.25, 0.3) is 0 Å². The number of rotatable bonds is 5. The van der Waals surface area contributed by atoms with Crippen LogP contribution in [-0.2, 0) is 4.79 Å². The number of unbranched alkanes of at least 4 members (excludes halogenated alkanes) is 3. The van der Waals surface area contributed by atoms with Crippen molar-refractivity contribution in [2.75, 3.05) is 13.6 Å². The number of nitrogens with two attached hydrogens (primary N) is 1. The Labute approximate surface area is 69.4 Å². The van der Waals surface area contributed by atoms with Gasteiger partial charge in [0.15, 0.2) is 0 Å². The van der Waals surface area contributed by atoms with Gasteiger partial charge in [-0.3, -0.25) is 4.79 Å². The number of carbonyl (C=O) groups excluding carboxylic acids is 1. The van der Waals surface area contributed by atoms with Crippen LogP contribution in [0.2, 0.25) is 0 Å². The quantitative estimate of drug-likeness (QED) is 0.463. The molecule has 0 saturated heterocycles. The van der Waals surface area contributed by atoms with Crippen LogP contribution >= 0.6 is 0 Å². The fraction of sp³-hybridized carbons (Fsp3) is 0.875. The lowest BCUT2D eigenvalue weighted by Gasteiger charge is -1.95. The Kier molecular flexibility index (Phi) is 19.2. The first-order valence-electron chi connectivity index (χ1n) is 4.13. The molecule has 0 aliphatic heterocycles. The van der Waals surface area contributed by atoms with Crippen LogP contribution in [0, 0.1) is 0 Å². The van der Waals surface area contributed by atoms with Crippen molar-refractivity contribution >= 4 is 6.41 Å². The number of amides is 1. The summed E-state index contributed by atoms with van der Waals surface area (Å²) in [5, 5.41) is 3.13. The maximum absolute atomic E-state index is 8.58. The second kappa shape index (κ2) is 16.2. The highest BCUT2D eigenvalue weighted by Gasteiger charge is 1.82. The van der Waals surface area contributed by atoms with E-state index < -0.39 is 0 Å². The van der Waals surface area contributed by atoms with Crippen molar-refractivity contribution in [3.63, 3.8) is 0 Å². The summed E-state index contributed by atoms with van der Waals surface area (Å²) in [6, 6.07) is 0. The first kappa shape index (κ1) is 13.1. The molecule has 0 bridgehead atoms. The molecule has 3 heteroatoms. The van der Waals surface area contributed by atoms with E-state index in [4.69, 9.17) is 4.79 Å². The SMILES string of the molecule is CCCCCCNC.NC=O. The van der Waals surface area contributed by atoms with Gasteiger partial charge in [0.2, 0.25) is 6.41 Å². The summed E-state index contributed by atoms with van der Waals surface area (Å²) in [5.41, 5.74) is 4.17. The molecule has 68 valence electrons. The monoisotopic (exact) mass is 160 g/mol. The van der Waals surface area contributed by atoms with Crippen molar-refractivity contribution in [1.82, 2.24) is 5.32 Å². The third-order valence-electron chi connectivity index (χ3n) is 1.28. The van der Waals surface area contributed by atoms with E-state index in [2.05, 4.69) is 18.0 Å². The summed E-state index contributed by atoms with van der Waals surface area (Å²) in [6.45, 7) is 3.42. The summed E-state index contributed by atoms with van der Waals surface area (Å²) in [4.78, 5) is 8.58. The Morgan fingerprint density at radius 3 is 2.27 bits per heavy atom. The van der Waals surface area contributed by atoms with Crippen molar-refractivity contribution in [3.8, 4) is 0 Å². The number of hydrogen-bond donors (Lipinski definition) is 2. The van der Waals surface area contributed by atoms with Crippen LogP contribution in [0.1, 0.15) is 32.6 Å². The van der Waals surface area contributed by atoms with E-state index in [-0.39, 0.29) is 6.41 Å². The number of carbonyl (C=O) groups is 1. The molecule has 0 spiro atoms. The fourth-order valence-corrected chi connectivity index (χ4v) is 0.729. The van der Waals surface area contributed by atoms with Crippen molar-refractivity contribution in [2.45, 2.75) is 32.6 Å². The van der Waals surface area contributed by atoms with Gasteiger partial charge in [0, 0.05) is 0 Å². The first-order chi connectivity index (χ1) is 5.33. The summed E-state index contributed by atoms with van der Waals surface area (Å²) in [5.74, 6) is 0. The van der Waals surface area contributed by atoms with Gasteiger partial charge in [-0.05, 0) is 20.0 Å². The van der Waals surface area contributed by atoms with E-state index in [1.54, 1.807) is 0 Å². The van der Waals surface area contributed by atoms with Gasteiger partial charge in [-0.25, -0.2) is 0 Å². The minimum absolute atomic E-state index is 0.250. The van der Waals surface area contributed by atoms with Gasteiger partial charge in [-0.1, -0.05) is 26.2 Å². The van der Waals surface area contributed by atoms with E-state index in [0.717, 1.165) is 0 Å². The lowest BCUT2D eigenvalue weighted by molar-refractivity contribution is -0.106. The molecule has 0 unspecified atom stereocenters. The van der Waals surface area contributed by atoms with Gasteiger partial charge in [-0.2, -0.15) is 0 Å². The molecule has 0 radical (unpaired) electrons. The molecule has 0 aromatic heterocycles. The summed E-state index contributed by atoms with van der Waals surface area (Å²) in [7, 11) is 2.01. The van der Waals surface area contributed by atoms with Gasteiger partial charge in [0.1, 0.15) is 0 Å². The van der Waals surface area contributed by atoms with Crippen LogP contribution in [0.4, 0.5) is 0 Å². The molecule has 1 amide bonds. The highest BCUT2D eigenvalue weighted by molar-refractivity contribution is 5.42. The van der Waals surface area contributed by atoms with Crippen LogP contribution in [0.15, 0.2) is 0 Å². The number of hydrogen-bond acceptors (Lipinski definition) is 2. The minimum atomic E-state index is 0.250. The Bertz CT molecular complexity index is 61.1. The Balaban J connectivity index is 0. The predicted octanol–water partition coefficient (Wildman–Crippen LogP) is 0.888. The molecular formula is C8H20N2O. The Morgan fingerprint density at radius 1 is 1.36 bits per heavy atom. The van der Waals surface area contributed by atoms with Crippen molar-refractivity contribution in [3.05, 3.63) is 0 Å². The third kappa shape index (κ3) is 26.5. The van der Waals surface area contributed by atoms with Crippen LogP contribution < -0.4 is 11.1 Å². The molecule has 0 atom stereocenters. The second-order valence-corrected chi connectivity index (χ2v) is 2.30. The highest BCUT2D eigenvalue weighted by atomic mass is 16.1. The molecule has 0 fully saturated rings. The van der Waals surface area contributed by atoms with Crippen molar-refractivity contribution in [2.24, 2.45) is 5.73 Å². The average Bonchev–Trinajstić information content (AvgIpc) is 2.00. The molecule has 0 aliphatic rings. The van der Waals surface area contributed by atoms with Gasteiger partial charge >= 0.3 is 0 Å². The first-order valence-corrected chi connectivity index (χ1v) is 4.13. The molecule has 0 aromatic carbocycles. The largest absolute Gasteiger partial charge is 0.372 e. The average molecular weight is 160 g/mol. The molecule has 11 heavy (non-hydrogen) atoms. The standard InChI is InChI=1S/C7H17N.CH3NO/c1-3-4-5-6-7-8-2;2-1-3/h8H,3-7H2,1-2H3;1H,(H2,2,3). The van der Waals surface area contributed by atoms with E-state index in [1.165, 1.54) is 32.2 Å². The molecule has 0 rings (SSSR count). The van der Waals surface area contributed by atoms with E-state index in [9.17, 15) is 0 Å². The lowest BCUT2D eigenvalue weighted by atomic mass is 10.2. The van der Waals surface area contributed by atoms with Crippen molar-refractivity contribution < 1.29 is 4.79 Å². The maximum atomic E-state index is 8.58. The van der Waals surface area contributed by atoms with E-state index >= 15 is 0 Å². The van der Waals surface area contributed by atoms with Crippen molar-refractivity contribution in [1.29, 1.82) is 0 Å². The fourth-order valence-electron chi connectivity index (χ4n) is 0.729. The zero-order valence-electron chi connectivity index (χ0n) is 7.60. The van der Waals surface area contributed by atoms with Gasteiger partial charge in [0.05, 0.1) is 0 Å². The predicted molar refractivity (Wildman–Crippen MR) is 48.3 cm³/mol. The smallest absolute Gasteiger partial charge is 0.204 e. The summed E-state index contributed by atoms with van der Waals surface area (Å²) < 4.78 is 0. The molecule has 3 nitrogen and oxygen atoms in total. The zero-order valence-corrected chi connectivity index (χ0v) is 7.60. The Morgan fingerprint density at radius 2 is 1.91 bits per heavy atom. The molecule has 0 aliphatic carbocycles. The minimum Gasteiger partial charge on any atom is -0.372 e. The zero-order chi connectivity index (χ0) is 8.95. The normalized spacial score (nSPS) is 8.18. The highest BCUT2D eigenvalue weighted by Crippen LogP contribution is 1.96. The molecular weight excluding hydrogens is 140 g/mol. The molecule has 0 aromatic rings. The van der Waals surface area contributed by atoms with Crippen LogP contribution in [0.3, 0.4) is 0 Å². The lowest BCUT2D eigenvalue weighted by Crippen LogP contribution is -2.06.